The number of piperidine rings is 1. The van der Waals surface area contributed by atoms with Crippen molar-refractivity contribution in [3.8, 4) is 5.69 Å². The highest BCUT2D eigenvalue weighted by Gasteiger charge is 2.30. The van der Waals surface area contributed by atoms with Gasteiger partial charge in [-0.05, 0) is 61.2 Å². The van der Waals surface area contributed by atoms with Gasteiger partial charge in [-0.15, -0.1) is 11.3 Å². The molecule has 5 rings (SSSR count). The van der Waals surface area contributed by atoms with Crippen molar-refractivity contribution in [2.45, 2.75) is 31.7 Å². The van der Waals surface area contributed by atoms with Gasteiger partial charge in [0.1, 0.15) is 5.01 Å². The summed E-state index contributed by atoms with van der Waals surface area (Å²) in [5, 5.41) is 1.07. The predicted octanol–water partition coefficient (Wildman–Crippen LogP) is 5.38. The Morgan fingerprint density at radius 3 is 2.59 bits per heavy atom. The molecule has 3 heterocycles. The number of thiazole rings is 1. The molecule has 1 amide bonds. The molecular weight excluding hydrogens is 378 g/mol. The Morgan fingerprint density at radius 1 is 1.00 bits per heavy atom. The second-order valence-corrected chi connectivity index (χ2v) is 8.61. The third-order valence-corrected chi connectivity index (χ3v) is 6.75. The van der Waals surface area contributed by atoms with E-state index in [1.807, 2.05) is 36.7 Å². The second kappa shape index (κ2) is 7.84. The average molecular weight is 402 g/mol. The summed E-state index contributed by atoms with van der Waals surface area (Å²) in [5.41, 5.74) is 3.20. The first-order chi connectivity index (χ1) is 14.3. The Hall–Kier alpha value is -2.92. The van der Waals surface area contributed by atoms with Gasteiger partial charge in [0.05, 0.1) is 22.7 Å². The molecular formula is C24H23N3OS. The van der Waals surface area contributed by atoms with E-state index in [1.54, 1.807) is 11.3 Å². The summed E-state index contributed by atoms with van der Waals surface area (Å²) in [6.07, 6.45) is 7.70. The molecule has 1 atom stereocenters. The number of amides is 1. The third-order valence-electron chi connectivity index (χ3n) is 5.61. The number of carbonyl (C=O) groups is 1. The summed E-state index contributed by atoms with van der Waals surface area (Å²) in [6.45, 7) is 0.820. The normalized spacial score (nSPS) is 17.0. The van der Waals surface area contributed by atoms with Gasteiger partial charge in [0.25, 0.3) is 0 Å². The van der Waals surface area contributed by atoms with Gasteiger partial charge >= 0.3 is 0 Å². The summed E-state index contributed by atoms with van der Waals surface area (Å²) in [7, 11) is 0. The van der Waals surface area contributed by atoms with Crippen LogP contribution >= 0.6 is 11.3 Å². The summed E-state index contributed by atoms with van der Waals surface area (Å²) in [4.78, 5) is 20.1. The minimum atomic E-state index is 0.104. The van der Waals surface area contributed by atoms with Gasteiger partial charge in [0.15, 0.2) is 0 Å². The lowest BCUT2D eigenvalue weighted by Gasteiger charge is -2.34. The van der Waals surface area contributed by atoms with Gasteiger partial charge in [-0.25, -0.2) is 4.98 Å². The van der Waals surface area contributed by atoms with Gasteiger partial charge in [-0.1, -0.05) is 24.3 Å². The highest BCUT2D eigenvalue weighted by molar-refractivity contribution is 7.18. The van der Waals surface area contributed by atoms with E-state index in [1.165, 1.54) is 4.70 Å². The van der Waals surface area contributed by atoms with Gasteiger partial charge in [0, 0.05) is 24.6 Å². The molecule has 1 aliphatic rings. The zero-order chi connectivity index (χ0) is 19.6. The van der Waals surface area contributed by atoms with E-state index in [4.69, 9.17) is 4.98 Å². The fourth-order valence-corrected chi connectivity index (χ4v) is 5.20. The number of para-hydroxylation sites is 1. The van der Waals surface area contributed by atoms with Crippen LogP contribution in [0, 0.1) is 0 Å². The van der Waals surface area contributed by atoms with Crippen molar-refractivity contribution in [3.05, 3.63) is 83.6 Å². The monoisotopic (exact) mass is 401 g/mol. The van der Waals surface area contributed by atoms with Crippen LogP contribution in [-0.4, -0.2) is 26.9 Å². The molecule has 29 heavy (non-hydrogen) atoms. The molecule has 1 saturated heterocycles. The fraction of sp³-hybridized carbons (Fsp3) is 0.250. The quantitative estimate of drug-likeness (QED) is 0.460. The van der Waals surface area contributed by atoms with E-state index in [9.17, 15) is 4.79 Å². The topological polar surface area (TPSA) is 38.1 Å². The smallest absolute Gasteiger partial charge is 0.227 e. The van der Waals surface area contributed by atoms with E-state index in [2.05, 4.69) is 45.9 Å². The molecule has 4 nitrogen and oxygen atoms in total. The summed E-state index contributed by atoms with van der Waals surface area (Å²) in [6, 6.07) is 20.6. The van der Waals surface area contributed by atoms with Gasteiger partial charge in [0.2, 0.25) is 5.91 Å². The van der Waals surface area contributed by atoms with E-state index in [0.717, 1.165) is 47.6 Å². The van der Waals surface area contributed by atoms with Crippen LogP contribution in [0.5, 0.6) is 0 Å². The second-order valence-electron chi connectivity index (χ2n) is 7.55. The van der Waals surface area contributed by atoms with Crippen molar-refractivity contribution < 1.29 is 4.79 Å². The predicted molar refractivity (Wildman–Crippen MR) is 117 cm³/mol. The van der Waals surface area contributed by atoms with Crippen molar-refractivity contribution in [1.82, 2.24) is 14.5 Å². The zero-order valence-electron chi connectivity index (χ0n) is 16.2. The number of fused-ring (bicyclic) bond motifs is 1. The number of carbonyl (C=O) groups excluding carboxylic acids is 1. The number of hydrogen-bond donors (Lipinski definition) is 0. The van der Waals surface area contributed by atoms with Crippen molar-refractivity contribution in [2.75, 3.05) is 6.54 Å². The molecule has 0 N–H and O–H groups in total. The SMILES string of the molecule is O=C(Cc1ccc(-n2cccc2)cc1)N1CCCCC1c1nc2ccccc2s1. The molecule has 2 aromatic carbocycles. The first-order valence-corrected chi connectivity index (χ1v) is 11.0. The standard InChI is InChI=1S/C24H23N3OS/c28-23(17-18-10-12-19(13-11-18)26-14-5-6-15-26)27-16-4-3-8-21(27)24-25-20-7-1-2-9-22(20)29-24/h1-2,5-7,9-15,21H,3-4,8,16-17H2. The number of nitrogens with zero attached hydrogens (tertiary/aromatic N) is 3. The Bertz CT molecular complexity index is 1080. The minimum absolute atomic E-state index is 0.104. The van der Waals surface area contributed by atoms with Crippen molar-refractivity contribution in [1.29, 1.82) is 0 Å². The van der Waals surface area contributed by atoms with Gasteiger partial charge < -0.3 is 9.47 Å². The highest BCUT2D eigenvalue weighted by Crippen LogP contribution is 2.36. The number of rotatable bonds is 4. The lowest BCUT2D eigenvalue weighted by Crippen LogP contribution is -2.39. The molecule has 2 aromatic heterocycles. The first-order valence-electron chi connectivity index (χ1n) is 10.2. The average Bonchev–Trinajstić information content (AvgIpc) is 3.44. The maximum atomic E-state index is 13.2. The molecule has 146 valence electrons. The van der Waals surface area contributed by atoms with Crippen LogP contribution in [0.25, 0.3) is 15.9 Å². The minimum Gasteiger partial charge on any atom is -0.333 e. The maximum Gasteiger partial charge on any atom is 0.227 e. The highest BCUT2D eigenvalue weighted by atomic mass is 32.1. The summed E-state index contributed by atoms with van der Waals surface area (Å²) in [5.74, 6) is 0.197. The number of aromatic nitrogens is 2. The van der Waals surface area contributed by atoms with Gasteiger partial charge in [-0.3, -0.25) is 4.79 Å². The zero-order valence-corrected chi connectivity index (χ0v) is 17.0. The Balaban J connectivity index is 1.34. The molecule has 1 unspecified atom stereocenters. The van der Waals surface area contributed by atoms with Crippen LogP contribution in [-0.2, 0) is 11.2 Å². The molecule has 4 aromatic rings. The lowest BCUT2D eigenvalue weighted by molar-refractivity contribution is -0.134. The molecule has 0 spiro atoms. The van der Waals surface area contributed by atoms with E-state index in [-0.39, 0.29) is 11.9 Å². The van der Waals surface area contributed by atoms with Crippen molar-refractivity contribution >= 4 is 27.5 Å². The molecule has 1 aliphatic heterocycles. The summed E-state index contributed by atoms with van der Waals surface area (Å²) < 4.78 is 3.26. The summed E-state index contributed by atoms with van der Waals surface area (Å²) >= 11 is 1.72. The van der Waals surface area contributed by atoms with Crippen LogP contribution in [0.15, 0.2) is 73.1 Å². The van der Waals surface area contributed by atoms with E-state index >= 15 is 0 Å². The van der Waals surface area contributed by atoms with E-state index in [0.29, 0.717) is 6.42 Å². The maximum absolute atomic E-state index is 13.2. The Morgan fingerprint density at radius 2 is 1.79 bits per heavy atom. The number of hydrogen-bond acceptors (Lipinski definition) is 3. The third kappa shape index (κ3) is 3.70. The van der Waals surface area contributed by atoms with Crippen LogP contribution in [0.3, 0.4) is 0 Å². The number of benzene rings is 2. The Labute approximate surface area is 174 Å². The van der Waals surface area contributed by atoms with Crippen LogP contribution < -0.4 is 0 Å². The van der Waals surface area contributed by atoms with E-state index < -0.39 is 0 Å². The molecule has 0 aliphatic carbocycles. The number of likely N-dealkylation sites (tertiary alicyclic amines) is 1. The van der Waals surface area contributed by atoms with Crippen LogP contribution in [0.2, 0.25) is 0 Å². The fourth-order valence-electron chi connectivity index (χ4n) is 4.09. The molecule has 1 fully saturated rings. The molecule has 0 bridgehead atoms. The molecule has 0 saturated carbocycles. The molecule has 0 radical (unpaired) electrons. The van der Waals surface area contributed by atoms with Gasteiger partial charge in [-0.2, -0.15) is 0 Å². The largest absolute Gasteiger partial charge is 0.333 e. The lowest BCUT2D eigenvalue weighted by atomic mass is 10.0. The Kier molecular flexibility index (Phi) is 4.90. The van der Waals surface area contributed by atoms with Crippen molar-refractivity contribution in [2.24, 2.45) is 0 Å². The van der Waals surface area contributed by atoms with Crippen LogP contribution in [0.4, 0.5) is 0 Å². The van der Waals surface area contributed by atoms with Crippen molar-refractivity contribution in [3.63, 3.8) is 0 Å². The first kappa shape index (κ1) is 18.1. The van der Waals surface area contributed by atoms with Crippen LogP contribution in [0.1, 0.15) is 35.9 Å². The molecule has 5 heteroatoms.